The predicted octanol–water partition coefficient (Wildman–Crippen LogP) is 1.96. The molecular formula is C19H34ClN3O3. The van der Waals surface area contributed by atoms with Crippen LogP contribution in [-0.4, -0.2) is 72.6 Å². The van der Waals surface area contributed by atoms with Gasteiger partial charge >= 0.3 is 0 Å². The first-order valence-corrected chi connectivity index (χ1v) is 10.1. The van der Waals surface area contributed by atoms with Crippen LogP contribution in [0.1, 0.15) is 58.3 Å². The van der Waals surface area contributed by atoms with Gasteiger partial charge < -0.3 is 19.9 Å². The highest BCUT2D eigenvalue weighted by Gasteiger charge is 2.34. The van der Waals surface area contributed by atoms with Crippen molar-refractivity contribution in [2.45, 2.75) is 76.5 Å². The Morgan fingerprint density at radius 3 is 2.65 bits per heavy atom. The lowest BCUT2D eigenvalue weighted by Gasteiger charge is -2.42. The number of carbonyl (C=O) groups is 2. The van der Waals surface area contributed by atoms with Crippen LogP contribution < -0.4 is 5.32 Å². The molecule has 26 heavy (non-hydrogen) atoms. The molecule has 0 radical (unpaired) electrons. The van der Waals surface area contributed by atoms with Crippen LogP contribution in [-0.2, 0) is 14.3 Å². The standard InChI is InChI=1S/C19H33N3O3.ClH/c1-2-17(25-16-8-4-3-5-9-16)19(24)21-11-6-7-15(14-21)22-12-10-20-13-18(22)23;/h15-17,20H,2-14H2,1H3;1H. The Bertz CT molecular complexity index is 471. The monoisotopic (exact) mass is 387 g/mol. The Kier molecular flexibility index (Phi) is 8.64. The van der Waals surface area contributed by atoms with E-state index in [2.05, 4.69) is 5.32 Å². The number of nitrogens with zero attached hydrogens (tertiary/aromatic N) is 2. The van der Waals surface area contributed by atoms with E-state index < -0.39 is 0 Å². The molecular weight excluding hydrogens is 354 g/mol. The fourth-order valence-corrected chi connectivity index (χ4v) is 4.38. The van der Waals surface area contributed by atoms with E-state index in [-0.39, 0.29) is 42.5 Å². The number of rotatable bonds is 5. The molecule has 2 unspecified atom stereocenters. The molecule has 1 N–H and O–H groups in total. The van der Waals surface area contributed by atoms with Crippen molar-refractivity contribution in [3.05, 3.63) is 0 Å². The number of piperidine rings is 1. The number of hydrogen-bond donors (Lipinski definition) is 1. The van der Waals surface area contributed by atoms with E-state index in [0.29, 0.717) is 13.1 Å². The first-order chi connectivity index (χ1) is 12.2. The molecule has 2 heterocycles. The molecule has 2 amide bonds. The second kappa shape index (κ2) is 10.5. The number of carbonyl (C=O) groups excluding carboxylic acids is 2. The average Bonchev–Trinajstić information content (AvgIpc) is 2.67. The summed E-state index contributed by atoms with van der Waals surface area (Å²) in [5, 5.41) is 3.12. The van der Waals surface area contributed by atoms with E-state index in [9.17, 15) is 9.59 Å². The lowest BCUT2D eigenvalue weighted by Crippen LogP contribution is -2.58. The van der Waals surface area contributed by atoms with Gasteiger partial charge in [0.15, 0.2) is 0 Å². The highest BCUT2D eigenvalue weighted by atomic mass is 35.5. The zero-order chi connectivity index (χ0) is 17.6. The normalized spacial score (nSPS) is 26.3. The van der Waals surface area contributed by atoms with Crippen LogP contribution >= 0.6 is 12.4 Å². The van der Waals surface area contributed by atoms with Gasteiger partial charge in [0.1, 0.15) is 6.10 Å². The van der Waals surface area contributed by atoms with Crippen LogP contribution in [0.5, 0.6) is 0 Å². The van der Waals surface area contributed by atoms with Crippen LogP contribution in [0.4, 0.5) is 0 Å². The molecule has 1 aliphatic carbocycles. The number of hydrogen-bond acceptors (Lipinski definition) is 4. The molecule has 6 nitrogen and oxygen atoms in total. The molecule has 0 spiro atoms. The van der Waals surface area contributed by atoms with Crippen LogP contribution in [0.15, 0.2) is 0 Å². The van der Waals surface area contributed by atoms with Crippen LogP contribution in [0.2, 0.25) is 0 Å². The smallest absolute Gasteiger partial charge is 0.251 e. The summed E-state index contributed by atoms with van der Waals surface area (Å²) in [6.45, 7) is 5.51. The maximum absolute atomic E-state index is 13.0. The Labute approximate surface area is 163 Å². The molecule has 7 heteroatoms. The minimum atomic E-state index is -0.319. The zero-order valence-electron chi connectivity index (χ0n) is 16.0. The number of ether oxygens (including phenoxy) is 1. The number of nitrogens with one attached hydrogen (secondary N) is 1. The molecule has 1 saturated carbocycles. The van der Waals surface area contributed by atoms with Gasteiger partial charge in [-0.1, -0.05) is 26.2 Å². The van der Waals surface area contributed by atoms with Gasteiger partial charge in [0.05, 0.1) is 12.6 Å². The van der Waals surface area contributed by atoms with Gasteiger partial charge in [-0.15, -0.1) is 12.4 Å². The van der Waals surface area contributed by atoms with E-state index in [4.69, 9.17) is 4.74 Å². The highest BCUT2D eigenvalue weighted by molar-refractivity contribution is 5.85. The van der Waals surface area contributed by atoms with E-state index in [1.54, 1.807) is 0 Å². The maximum atomic E-state index is 13.0. The molecule has 2 saturated heterocycles. The third kappa shape index (κ3) is 5.33. The second-order valence-electron chi connectivity index (χ2n) is 7.64. The van der Waals surface area contributed by atoms with Crippen LogP contribution in [0.25, 0.3) is 0 Å². The van der Waals surface area contributed by atoms with Crippen LogP contribution in [0.3, 0.4) is 0 Å². The predicted molar refractivity (Wildman–Crippen MR) is 103 cm³/mol. The molecule has 3 aliphatic rings. The topological polar surface area (TPSA) is 61.9 Å². The van der Waals surface area contributed by atoms with Crippen molar-refractivity contribution < 1.29 is 14.3 Å². The van der Waals surface area contributed by atoms with E-state index in [1.807, 2.05) is 16.7 Å². The van der Waals surface area contributed by atoms with Crippen molar-refractivity contribution in [3.63, 3.8) is 0 Å². The third-order valence-corrected chi connectivity index (χ3v) is 5.83. The van der Waals surface area contributed by atoms with E-state index in [1.165, 1.54) is 19.3 Å². The third-order valence-electron chi connectivity index (χ3n) is 5.83. The Morgan fingerprint density at radius 2 is 1.96 bits per heavy atom. The van der Waals surface area contributed by atoms with Crippen molar-refractivity contribution in [2.75, 3.05) is 32.7 Å². The largest absolute Gasteiger partial charge is 0.365 e. The van der Waals surface area contributed by atoms with Gasteiger partial charge in [-0.05, 0) is 32.1 Å². The molecule has 2 atom stereocenters. The maximum Gasteiger partial charge on any atom is 0.251 e. The SMILES string of the molecule is CCC(OC1CCCCC1)C(=O)N1CCCC(N2CCNCC2=O)C1.Cl. The summed E-state index contributed by atoms with van der Waals surface area (Å²) < 4.78 is 6.18. The molecule has 0 aromatic carbocycles. The quantitative estimate of drug-likeness (QED) is 0.783. The van der Waals surface area contributed by atoms with Crippen molar-refractivity contribution >= 4 is 24.2 Å². The summed E-state index contributed by atoms with van der Waals surface area (Å²) in [6, 6.07) is 0.166. The molecule has 3 rings (SSSR count). The van der Waals surface area contributed by atoms with E-state index in [0.717, 1.165) is 51.7 Å². The Hall–Kier alpha value is -0.850. The molecule has 0 bridgehead atoms. The van der Waals surface area contributed by atoms with Gasteiger partial charge in [-0.2, -0.15) is 0 Å². The van der Waals surface area contributed by atoms with Gasteiger partial charge in [-0.25, -0.2) is 0 Å². The fourth-order valence-electron chi connectivity index (χ4n) is 4.38. The first kappa shape index (κ1) is 21.5. The van der Waals surface area contributed by atoms with Gasteiger partial charge in [0.2, 0.25) is 5.91 Å². The Morgan fingerprint density at radius 1 is 1.19 bits per heavy atom. The van der Waals surface area contributed by atoms with E-state index >= 15 is 0 Å². The molecule has 150 valence electrons. The van der Waals surface area contributed by atoms with Gasteiger partial charge in [0.25, 0.3) is 5.91 Å². The summed E-state index contributed by atoms with van der Waals surface area (Å²) >= 11 is 0. The second-order valence-corrected chi connectivity index (χ2v) is 7.64. The highest BCUT2D eigenvalue weighted by Crippen LogP contribution is 2.24. The lowest BCUT2D eigenvalue weighted by atomic mass is 9.97. The first-order valence-electron chi connectivity index (χ1n) is 10.1. The van der Waals surface area contributed by atoms with Crippen molar-refractivity contribution in [3.8, 4) is 0 Å². The van der Waals surface area contributed by atoms with Crippen molar-refractivity contribution in [1.29, 1.82) is 0 Å². The average molecular weight is 388 g/mol. The minimum Gasteiger partial charge on any atom is -0.365 e. The summed E-state index contributed by atoms with van der Waals surface area (Å²) in [5.74, 6) is 0.288. The molecule has 0 aromatic heterocycles. The Balaban J connectivity index is 0.00000243. The number of amides is 2. The van der Waals surface area contributed by atoms with Gasteiger partial charge in [0, 0.05) is 32.2 Å². The van der Waals surface area contributed by atoms with Crippen LogP contribution in [0, 0.1) is 0 Å². The van der Waals surface area contributed by atoms with Crippen molar-refractivity contribution in [2.24, 2.45) is 0 Å². The summed E-state index contributed by atoms with van der Waals surface area (Å²) in [5.41, 5.74) is 0. The molecule has 0 aromatic rings. The van der Waals surface area contributed by atoms with Gasteiger partial charge in [-0.3, -0.25) is 9.59 Å². The number of piperazine rings is 1. The lowest BCUT2D eigenvalue weighted by molar-refractivity contribution is -0.153. The minimum absolute atomic E-state index is 0. The summed E-state index contributed by atoms with van der Waals surface area (Å²) in [4.78, 5) is 29.1. The summed E-state index contributed by atoms with van der Waals surface area (Å²) in [6.07, 6.45) is 8.50. The fraction of sp³-hybridized carbons (Fsp3) is 0.895. The number of likely N-dealkylation sites (tertiary alicyclic amines) is 1. The van der Waals surface area contributed by atoms with Crippen molar-refractivity contribution in [1.82, 2.24) is 15.1 Å². The number of halogens is 1. The summed E-state index contributed by atoms with van der Waals surface area (Å²) in [7, 11) is 0. The molecule has 2 aliphatic heterocycles. The molecule has 3 fully saturated rings. The zero-order valence-corrected chi connectivity index (χ0v) is 16.8.